The summed E-state index contributed by atoms with van der Waals surface area (Å²) in [7, 11) is 1.60. The summed E-state index contributed by atoms with van der Waals surface area (Å²) in [6.45, 7) is 3.85. The molecule has 1 amide bonds. The van der Waals surface area contributed by atoms with Crippen molar-refractivity contribution in [3.8, 4) is 28.8 Å². The van der Waals surface area contributed by atoms with E-state index in [0.717, 1.165) is 15.7 Å². The van der Waals surface area contributed by atoms with Crippen LogP contribution in [0.1, 0.15) is 5.56 Å². The van der Waals surface area contributed by atoms with Crippen LogP contribution in [0.4, 0.5) is 0 Å². The maximum absolute atomic E-state index is 12.3. The smallest absolute Gasteiger partial charge is 0.262 e. The Balaban J connectivity index is 2.13. The van der Waals surface area contributed by atoms with Crippen LogP contribution in [0.2, 0.25) is 0 Å². The summed E-state index contributed by atoms with van der Waals surface area (Å²) in [5.74, 6) is 0.228. The van der Waals surface area contributed by atoms with Gasteiger partial charge >= 0.3 is 0 Å². The van der Waals surface area contributed by atoms with Crippen LogP contribution < -0.4 is 10.1 Å². The molecule has 0 spiro atoms. The Kier molecular flexibility index (Phi) is 6.83. The number of amides is 1. The van der Waals surface area contributed by atoms with E-state index in [4.69, 9.17) is 9.84 Å². The van der Waals surface area contributed by atoms with E-state index in [1.807, 2.05) is 54.6 Å². The summed E-state index contributed by atoms with van der Waals surface area (Å²) in [6.07, 6.45) is 4.89. The molecule has 0 saturated carbocycles. The molecule has 30 heavy (non-hydrogen) atoms. The molecule has 1 N–H and O–H groups in total. The molecule has 0 aliphatic rings. The first-order valence-corrected chi connectivity index (χ1v) is 9.86. The summed E-state index contributed by atoms with van der Waals surface area (Å²) < 4.78 is 7.80. The molecule has 0 radical (unpaired) electrons. The quantitative estimate of drug-likeness (QED) is 0.318. The van der Waals surface area contributed by atoms with Gasteiger partial charge in [0.2, 0.25) is 0 Å². The number of methoxy groups -OCH3 is 1. The Morgan fingerprint density at radius 2 is 2.10 bits per heavy atom. The molecule has 0 aliphatic heterocycles. The summed E-state index contributed by atoms with van der Waals surface area (Å²) in [6, 6.07) is 17.2. The zero-order chi connectivity index (χ0) is 21.5. The fraction of sp³-hybridized carbons (Fsp3) is 0.0870. The van der Waals surface area contributed by atoms with Crippen molar-refractivity contribution in [3.63, 3.8) is 0 Å². The highest BCUT2D eigenvalue weighted by atomic mass is 79.9. The Morgan fingerprint density at radius 3 is 2.73 bits per heavy atom. The minimum Gasteiger partial charge on any atom is -0.496 e. The van der Waals surface area contributed by atoms with Gasteiger partial charge in [0, 0.05) is 23.9 Å². The lowest BCUT2D eigenvalue weighted by atomic mass is 10.1. The number of nitrogens with zero attached hydrogens (tertiary/aromatic N) is 3. The number of rotatable bonds is 7. The monoisotopic (exact) mass is 462 g/mol. The van der Waals surface area contributed by atoms with Crippen molar-refractivity contribution in [2.24, 2.45) is 0 Å². The van der Waals surface area contributed by atoms with Crippen molar-refractivity contribution >= 4 is 27.9 Å². The highest BCUT2D eigenvalue weighted by molar-refractivity contribution is 9.10. The van der Waals surface area contributed by atoms with Gasteiger partial charge in [0.05, 0.1) is 17.3 Å². The summed E-state index contributed by atoms with van der Waals surface area (Å²) in [5, 5.41) is 16.8. The van der Waals surface area contributed by atoms with E-state index >= 15 is 0 Å². The van der Waals surface area contributed by atoms with Gasteiger partial charge in [0.15, 0.2) is 0 Å². The van der Waals surface area contributed by atoms with Crippen molar-refractivity contribution in [1.29, 1.82) is 5.26 Å². The van der Waals surface area contributed by atoms with Crippen LogP contribution in [0, 0.1) is 11.3 Å². The lowest BCUT2D eigenvalue weighted by molar-refractivity contribution is -0.116. The third-order valence-electron chi connectivity index (χ3n) is 4.26. The highest BCUT2D eigenvalue weighted by Gasteiger charge is 2.16. The fourth-order valence-electron chi connectivity index (χ4n) is 2.81. The van der Waals surface area contributed by atoms with Crippen LogP contribution in [0.25, 0.3) is 23.0 Å². The molecule has 1 aromatic heterocycles. The van der Waals surface area contributed by atoms with Crippen LogP contribution in [-0.4, -0.2) is 29.3 Å². The molecule has 1 heterocycles. The molecule has 3 aromatic rings. The largest absolute Gasteiger partial charge is 0.496 e. The Morgan fingerprint density at radius 1 is 1.33 bits per heavy atom. The van der Waals surface area contributed by atoms with Crippen molar-refractivity contribution < 1.29 is 9.53 Å². The van der Waals surface area contributed by atoms with Crippen LogP contribution in [-0.2, 0) is 4.79 Å². The Labute approximate surface area is 183 Å². The van der Waals surface area contributed by atoms with E-state index in [0.29, 0.717) is 17.0 Å². The van der Waals surface area contributed by atoms with Gasteiger partial charge in [-0.2, -0.15) is 10.4 Å². The third kappa shape index (κ3) is 4.67. The highest BCUT2D eigenvalue weighted by Crippen LogP contribution is 2.32. The molecule has 0 fully saturated rings. The molecule has 0 unspecified atom stereocenters. The molecular weight excluding hydrogens is 444 g/mol. The topological polar surface area (TPSA) is 79.9 Å². The van der Waals surface area contributed by atoms with E-state index in [1.165, 1.54) is 0 Å². The maximum atomic E-state index is 12.3. The summed E-state index contributed by atoms with van der Waals surface area (Å²) in [5.41, 5.74) is 2.93. The second-order valence-electron chi connectivity index (χ2n) is 6.23. The van der Waals surface area contributed by atoms with Gasteiger partial charge in [-0.05, 0) is 52.3 Å². The van der Waals surface area contributed by atoms with Crippen molar-refractivity contribution in [3.05, 3.63) is 83.0 Å². The van der Waals surface area contributed by atoms with Crippen LogP contribution >= 0.6 is 15.9 Å². The maximum Gasteiger partial charge on any atom is 0.262 e. The van der Waals surface area contributed by atoms with Gasteiger partial charge in [-0.25, -0.2) is 4.68 Å². The van der Waals surface area contributed by atoms with Crippen LogP contribution in [0.3, 0.4) is 0 Å². The van der Waals surface area contributed by atoms with E-state index in [9.17, 15) is 10.1 Å². The van der Waals surface area contributed by atoms with Gasteiger partial charge in [-0.1, -0.05) is 24.3 Å². The molecular formula is C23H19BrN4O2. The number of carbonyl (C=O) groups is 1. The molecule has 150 valence electrons. The van der Waals surface area contributed by atoms with Gasteiger partial charge in [-0.3, -0.25) is 4.79 Å². The van der Waals surface area contributed by atoms with E-state index in [2.05, 4.69) is 27.8 Å². The lowest BCUT2D eigenvalue weighted by Crippen LogP contribution is -2.24. The molecule has 6 nitrogen and oxygen atoms in total. The zero-order valence-corrected chi connectivity index (χ0v) is 17.9. The summed E-state index contributed by atoms with van der Waals surface area (Å²) >= 11 is 3.50. The van der Waals surface area contributed by atoms with Gasteiger partial charge < -0.3 is 10.1 Å². The number of hydrogen-bond acceptors (Lipinski definition) is 4. The molecule has 3 rings (SSSR count). The van der Waals surface area contributed by atoms with Crippen LogP contribution in [0.15, 0.2) is 77.4 Å². The van der Waals surface area contributed by atoms with E-state index in [1.54, 1.807) is 30.1 Å². The Hall–Kier alpha value is -3.63. The average Bonchev–Trinajstić information content (AvgIpc) is 3.20. The SMILES string of the molecule is C=CCNC(=O)/C(C#N)=C/c1cn(-c2ccccc2)nc1-c1ccc(OC)c(Br)c1. The molecule has 0 aliphatic carbocycles. The standard InChI is InChI=1S/C23H19BrN4O2/c1-3-11-26-23(29)17(14-25)12-18-15-28(19-7-5-4-6-8-19)27-22(18)16-9-10-21(30-2)20(24)13-16/h3-10,12-13,15H,1,11H2,2H3,(H,26,29)/b17-12+. The number of ether oxygens (including phenoxy) is 1. The first kappa shape index (κ1) is 21.1. The van der Waals surface area contributed by atoms with Crippen molar-refractivity contribution in [1.82, 2.24) is 15.1 Å². The second-order valence-corrected chi connectivity index (χ2v) is 7.09. The molecule has 2 aromatic carbocycles. The van der Waals surface area contributed by atoms with Gasteiger partial charge in [0.1, 0.15) is 23.1 Å². The van der Waals surface area contributed by atoms with Crippen molar-refractivity contribution in [2.75, 3.05) is 13.7 Å². The first-order chi connectivity index (χ1) is 14.6. The average molecular weight is 463 g/mol. The number of nitrogens with one attached hydrogen (secondary N) is 1. The molecule has 0 atom stereocenters. The van der Waals surface area contributed by atoms with E-state index in [-0.39, 0.29) is 12.1 Å². The number of para-hydroxylation sites is 1. The number of nitriles is 1. The van der Waals surface area contributed by atoms with Crippen LogP contribution in [0.5, 0.6) is 5.75 Å². The number of carbonyl (C=O) groups excluding carboxylic acids is 1. The molecule has 0 bridgehead atoms. The number of aromatic nitrogens is 2. The second kappa shape index (κ2) is 9.72. The number of hydrogen-bond donors (Lipinski definition) is 1. The third-order valence-corrected chi connectivity index (χ3v) is 4.88. The molecule has 7 heteroatoms. The molecule has 0 saturated heterocycles. The number of benzene rings is 2. The predicted octanol–water partition coefficient (Wildman–Crippen LogP) is 4.52. The van der Waals surface area contributed by atoms with Gasteiger partial charge in [0.25, 0.3) is 5.91 Å². The minimum atomic E-state index is -0.466. The minimum absolute atomic E-state index is 0.0155. The summed E-state index contributed by atoms with van der Waals surface area (Å²) in [4.78, 5) is 12.3. The van der Waals surface area contributed by atoms with Crippen molar-refractivity contribution in [2.45, 2.75) is 0 Å². The number of halogens is 1. The fourth-order valence-corrected chi connectivity index (χ4v) is 3.35. The lowest BCUT2D eigenvalue weighted by Gasteiger charge is -2.06. The normalized spacial score (nSPS) is 10.9. The predicted molar refractivity (Wildman–Crippen MR) is 120 cm³/mol. The first-order valence-electron chi connectivity index (χ1n) is 9.07. The van der Waals surface area contributed by atoms with E-state index < -0.39 is 5.91 Å². The zero-order valence-electron chi connectivity index (χ0n) is 16.3. The van der Waals surface area contributed by atoms with Gasteiger partial charge in [-0.15, -0.1) is 6.58 Å². The Bertz CT molecular complexity index is 1140.